The van der Waals surface area contributed by atoms with Gasteiger partial charge in [-0.2, -0.15) is 0 Å². The number of ether oxygens (including phenoxy) is 1. The van der Waals surface area contributed by atoms with Crippen molar-refractivity contribution in [3.63, 3.8) is 0 Å². The Kier molecular flexibility index (Phi) is 6.18. The van der Waals surface area contributed by atoms with E-state index in [0.29, 0.717) is 22.4 Å². The van der Waals surface area contributed by atoms with Crippen molar-refractivity contribution in [3.05, 3.63) is 65.7 Å². The molecule has 7 heteroatoms. The summed E-state index contributed by atoms with van der Waals surface area (Å²) < 4.78 is 6.78. The van der Waals surface area contributed by atoms with E-state index in [4.69, 9.17) is 16.3 Å². The second kappa shape index (κ2) is 9.00. The molecule has 3 aromatic carbocycles. The number of hydrogen-bond acceptors (Lipinski definition) is 5. The monoisotopic (exact) mass is 439 g/mol. The number of thiazole rings is 1. The number of carbonyl (C=O) groups is 1. The Morgan fingerprint density at radius 2 is 1.83 bits per heavy atom. The van der Waals surface area contributed by atoms with E-state index in [1.54, 1.807) is 4.90 Å². The first-order valence-electron chi connectivity index (χ1n) is 9.62. The topological polar surface area (TPSA) is 45.7 Å². The lowest BCUT2D eigenvalue weighted by molar-refractivity contribution is -0.120. The van der Waals surface area contributed by atoms with Crippen molar-refractivity contribution in [1.29, 1.82) is 0 Å². The third kappa shape index (κ3) is 4.73. The van der Waals surface area contributed by atoms with Crippen LogP contribution in [0.4, 0.5) is 5.13 Å². The van der Waals surface area contributed by atoms with Gasteiger partial charge in [-0.05, 0) is 55.2 Å². The van der Waals surface area contributed by atoms with Gasteiger partial charge in [-0.1, -0.05) is 53.3 Å². The largest absolute Gasteiger partial charge is 0.484 e. The van der Waals surface area contributed by atoms with Gasteiger partial charge in [-0.25, -0.2) is 4.98 Å². The van der Waals surface area contributed by atoms with Crippen molar-refractivity contribution >= 4 is 55.0 Å². The minimum absolute atomic E-state index is 0.0531. The van der Waals surface area contributed by atoms with Crippen molar-refractivity contribution in [2.75, 3.05) is 38.7 Å². The molecule has 0 saturated carbocycles. The molecular weight excluding hydrogens is 418 g/mol. The summed E-state index contributed by atoms with van der Waals surface area (Å²) in [6.07, 6.45) is 0. The standard InChI is InChI=1S/C23H22ClN3O2S/c1-26(2)11-12-27(23-25-20-10-8-18(24)14-21(20)30-23)22(28)15-29-19-9-7-16-5-3-4-6-17(16)13-19/h3-10,13-14H,11-12,15H2,1-2H3. The Morgan fingerprint density at radius 1 is 1.03 bits per heavy atom. The summed E-state index contributed by atoms with van der Waals surface area (Å²) in [6.45, 7) is 1.20. The van der Waals surface area contributed by atoms with Crippen LogP contribution in [-0.2, 0) is 4.79 Å². The van der Waals surface area contributed by atoms with Crippen LogP contribution in [0.15, 0.2) is 60.7 Å². The van der Waals surface area contributed by atoms with Crippen LogP contribution in [0.2, 0.25) is 5.02 Å². The second-order valence-electron chi connectivity index (χ2n) is 7.25. The number of benzene rings is 3. The average Bonchev–Trinajstić information content (AvgIpc) is 3.14. The van der Waals surface area contributed by atoms with Crippen molar-refractivity contribution in [1.82, 2.24) is 9.88 Å². The molecule has 30 heavy (non-hydrogen) atoms. The molecular formula is C23H22ClN3O2S. The van der Waals surface area contributed by atoms with Crippen molar-refractivity contribution < 1.29 is 9.53 Å². The Balaban J connectivity index is 1.53. The molecule has 0 spiro atoms. The zero-order valence-electron chi connectivity index (χ0n) is 16.8. The fourth-order valence-electron chi connectivity index (χ4n) is 3.11. The molecule has 4 aromatic rings. The van der Waals surface area contributed by atoms with Gasteiger partial charge in [-0.15, -0.1) is 0 Å². The highest BCUT2D eigenvalue weighted by Gasteiger charge is 2.20. The lowest BCUT2D eigenvalue weighted by Crippen LogP contribution is -2.39. The molecule has 4 rings (SSSR count). The number of amides is 1. The zero-order chi connectivity index (χ0) is 21.1. The number of aromatic nitrogens is 1. The molecule has 0 atom stereocenters. The molecule has 1 amide bonds. The normalized spacial score (nSPS) is 11.3. The van der Waals surface area contributed by atoms with Gasteiger partial charge in [0.05, 0.1) is 10.2 Å². The molecule has 1 aromatic heterocycles. The Hall–Kier alpha value is -2.67. The predicted molar refractivity (Wildman–Crippen MR) is 125 cm³/mol. The Bertz CT molecular complexity index is 1190. The maximum atomic E-state index is 13.1. The van der Waals surface area contributed by atoms with Gasteiger partial charge < -0.3 is 9.64 Å². The van der Waals surface area contributed by atoms with Crippen LogP contribution in [0, 0.1) is 0 Å². The van der Waals surface area contributed by atoms with Gasteiger partial charge in [0, 0.05) is 18.1 Å². The third-order valence-electron chi connectivity index (χ3n) is 4.73. The van der Waals surface area contributed by atoms with E-state index < -0.39 is 0 Å². The molecule has 0 aliphatic carbocycles. The highest BCUT2D eigenvalue weighted by molar-refractivity contribution is 7.22. The van der Waals surface area contributed by atoms with Gasteiger partial charge >= 0.3 is 0 Å². The molecule has 0 N–H and O–H groups in total. The number of anilines is 1. The van der Waals surface area contributed by atoms with Crippen LogP contribution in [0.3, 0.4) is 0 Å². The molecule has 5 nitrogen and oxygen atoms in total. The Labute approximate surface area is 184 Å². The van der Waals surface area contributed by atoms with Gasteiger partial charge in [0.25, 0.3) is 5.91 Å². The van der Waals surface area contributed by atoms with E-state index in [0.717, 1.165) is 27.5 Å². The molecule has 154 valence electrons. The Morgan fingerprint density at radius 3 is 2.63 bits per heavy atom. The van der Waals surface area contributed by atoms with E-state index in [2.05, 4.69) is 4.98 Å². The second-order valence-corrected chi connectivity index (χ2v) is 8.70. The highest BCUT2D eigenvalue weighted by Crippen LogP contribution is 2.31. The first-order valence-corrected chi connectivity index (χ1v) is 10.8. The van der Waals surface area contributed by atoms with Gasteiger partial charge in [0.2, 0.25) is 0 Å². The van der Waals surface area contributed by atoms with Crippen molar-refractivity contribution in [3.8, 4) is 5.75 Å². The summed E-state index contributed by atoms with van der Waals surface area (Å²) in [5.74, 6) is 0.542. The molecule has 0 aliphatic rings. The quantitative estimate of drug-likeness (QED) is 0.403. The van der Waals surface area contributed by atoms with Crippen LogP contribution in [0.25, 0.3) is 21.0 Å². The summed E-state index contributed by atoms with van der Waals surface area (Å²) in [4.78, 5) is 21.4. The number of rotatable bonds is 7. The maximum Gasteiger partial charge on any atom is 0.266 e. The smallest absolute Gasteiger partial charge is 0.266 e. The fraction of sp³-hybridized carbons (Fsp3) is 0.217. The molecule has 0 bridgehead atoms. The van der Waals surface area contributed by atoms with E-state index in [-0.39, 0.29) is 12.5 Å². The first kappa shape index (κ1) is 20.6. The van der Waals surface area contributed by atoms with Gasteiger partial charge in [0.1, 0.15) is 5.75 Å². The highest BCUT2D eigenvalue weighted by atomic mass is 35.5. The van der Waals surface area contributed by atoms with E-state index in [1.165, 1.54) is 11.3 Å². The van der Waals surface area contributed by atoms with Crippen LogP contribution in [0.1, 0.15) is 0 Å². The lowest BCUT2D eigenvalue weighted by atomic mass is 10.1. The van der Waals surface area contributed by atoms with E-state index in [9.17, 15) is 4.79 Å². The van der Waals surface area contributed by atoms with Crippen LogP contribution in [-0.4, -0.2) is 49.6 Å². The summed E-state index contributed by atoms with van der Waals surface area (Å²) in [6, 6.07) is 19.5. The fourth-order valence-corrected chi connectivity index (χ4v) is 4.39. The number of nitrogens with zero attached hydrogens (tertiary/aromatic N) is 3. The van der Waals surface area contributed by atoms with E-state index >= 15 is 0 Å². The minimum atomic E-state index is -0.129. The summed E-state index contributed by atoms with van der Waals surface area (Å²) in [7, 11) is 3.96. The van der Waals surface area contributed by atoms with Gasteiger partial charge in [-0.3, -0.25) is 9.69 Å². The lowest BCUT2D eigenvalue weighted by Gasteiger charge is -2.22. The number of halogens is 1. The average molecular weight is 440 g/mol. The number of likely N-dealkylation sites (N-methyl/N-ethyl adjacent to an activating group) is 1. The number of carbonyl (C=O) groups excluding carboxylic acids is 1. The zero-order valence-corrected chi connectivity index (χ0v) is 18.4. The minimum Gasteiger partial charge on any atom is -0.484 e. The van der Waals surface area contributed by atoms with E-state index in [1.807, 2.05) is 79.7 Å². The molecule has 0 aliphatic heterocycles. The third-order valence-corrected chi connectivity index (χ3v) is 6.00. The SMILES string of the molecule is CN(C)CCN(C(=O)COc1ccc2ccccc2c1)c1nc2ccc(Cl)cc2s1. The summed E-state index contributed by atoms with van der Waals surface area (Å²) in [5.41, 5.74) is 0.831. The van der Waals surface area contributed by atoms with Crippen LogP contribution < -0.4 is 9.64 Å². The predicted octanol–water partition coefficient (Wildman–Crippen LogP) is 5.08. The molecule has 0 unspecified atom stereocenters. The summed E-state index contributed by atoms with van der Waals surface area (Å²) >= 11 is 7.56. The van der Waals surface area contributed by atoms with Crippen LogP contribution >= 0.6 is 22.9 Å². The molecule has 0 saturated heterocycles. The van der Waals surface area contributed by atoms with Crippen LogP contribution in [0.5, 0.6) is 5.75 Å². The first-order chi connectivity index (χ1) is 14.5. The van der Waals surface area contributed by atoms with Crippen molar-refractivity contribution in [2.45, 2.75) is 0 Å². The van der Waals surface area contributed by atoms with Crippen molar-refractivity contribution in [2.24, 2.45) is 0 Å². The number of hydrogen-bond donors (Lipinski definition) is 0. The molecule has 1 heterocycles. The number of fused-ring (bicyclic) bond motifs is 2. The van der Waals surface area contributed by atoms with Gasteiger partial charge in [0.15, 0.2) is 11.7 Å². The summed E-state index contributed by atoms with van der Waals surface area (Å²) in [5, 5.41) is 3.52. The maximum absolute atomic E-state index is 13.1. The molecule has 0 radical (unpaired) electrons. The molecule has 0 fully saturated rings.